The van der Waals surface area contributed by atoms with Gasteiger partial charge >= 0.3 is 0 Å². The van der Waals surface area contributed by atoms with Crippen LogP contribution in [0, 0.1) is 11.3 Å². The molecule has 0 aromatic heterocycles. The summed E-state index contributed by atoms with van der Waals surface area (Å²) >= 11 is 0. The van der Waals surface area contributed by atoms with Gasteiger partial charge in [0.05, 0.1) is 24.3 Å². The van der Waals surface area contributed by atoms with Gasteiger partial charge in [-0.15, -0.1) is 0 Å². The van der Waals surface area contributed by atoms with E-state index in [0.29, 0.717) is 18.2 Å². The normalized spacial score (nSPS) is 16.5. The molecule has 2 rings (SSSR count). The summed E-state index contributed by atoms with van der Waals surface area (Å²) in [5.74, 6) is 0. The summed E-state index contributed by atoms with van der Waals surface area (Å²) in [6.45, 7) is 2.34. The molecule has 19 heavy (non-hydrogen) atoms. The fourth-order valence-corrected chi connectivity index (χ4v) is 2.52. The number of rotatable bonds is 5. The van der Waals surface area contributed by atoms with Crippen molar-refractivity contribution < 1.29 is 10.2 Å². The van der Waals surface area contributed by atoms with E-state index in [0.717, 1.165) is 24.1 Å². The Morgan fingerprint density at radius 3 is 2.68 bits per heavy atom. The second-order valence-electron chi connectivity index (χ2n) is 5.06. The average molecular weight is 260 g/mol. The van der Waals surface area contributed by atoms with E-state index < -0.39 is 6.10 Å². The molecular weight excluding hydrogens is 240 g/mol. The number of nitriles is 1. The first-order valence-electron chi connectivity index (χ1n) is 6.77. The number of benzene rings is 1. The number of aliphatic hydroxyl groups excluding tert-OH is 2. The van der Waals surface area contributed by atoms with Gasteiger partial charge in [-0.1, -0.05) is 6.07 Å². The van der Waals surface area contributed by atoms with Gasteiger partial charge < -0.3 is 15.1 Å². The highest BCUT2D eigenvalue weighted by molar-refractivity contribution is 5.59. The lowest BCUT2D eigenvalue weighted by molar-refractivity contribution is 0.198. The van der Waals surface area contributed by atoms with Crippen LogP contribution in [0.5, 0.6) is 0 Å². The highest BCUT2D eigenvalue weighted by Crippen LogP contribution is 2.34. The maximum Gasteiger partial charge on any atom is 0.0992 e. The largest absolute Gasteiger partial charge is 0.395 e. The number of hydrogen-bond acceptors (Lipinski definition) is 4. The molecule has 1 saturated carbocycles. The maximum absolute atomic E-state index is 9.89. The fourth-order valence-electron chi connectivity index (χ4n) is 2.52. The topological polar surface area (TPSA) is 67.5 Å². The minimum atomic E-state index is -0.580. The predicted molar refractivity (Wildman–Crippen MR) is 73.9 cm³/mol. The van der Waals surface area contributed by atoms with Crippen LogP contribution in [0.15, 0.2) is 18.2 Å². The Morgan fingerprint density at radius 2 is 2.21 bits per heavy atom. The molecule has 1 fully saturated rings. The van der Waals surface area contributed by atoms with E-state index >= 15 is 0 Å². The van der Waals surface area contributed by atoms with Crippen LogP contribution in [0.25, 0.3) is 0 Å². The van der Waals surface area contributed by atoms with E-state index in [1.165, 1.54) is 6.42 Å². The second kappa shape index (κ2) is 6.05. The van der Waals surface area contributed by atoms with Gasteiger partial charge in [-0.05, 0) is 38.3 Å². The zero-order valence-corrected chi connectivity index (χ0v) is 11.2. The van der Waals surface area contributed by atoms with E-state index in [1.807, 2.05) is 12.1 Å². The lowest BCUT2D eigenvalue weighted by atomic mass is 9.90. The minimum Gasteiger partial charge on any atom is -0.395 e. The number of nitrogens with zero attached hydrogens (tertiary/aromatic N) is 2. The van der Waals surface area contributed by atoms with Gasteiger partial charge in [0.15, 0.2) is 0 Å². The van der Waals surface area contributed by atoms with Gasteiger partial charge in [-0.2, -0.15) is 5.26 Å². The summed E-state index contributed by atoms with van der Waals surface area (Å²) < 4.78 is 0. The Bertz CT molecular complexity index is 476. The highest BCUT2D eigenvalue weighted by Gasteiger charge is 2.27. The SMILES string of the molecule is CC(O)c1ccc(C#N)cc1N(CCO)C1CCC1. The lowest BCUT2D eigenvalue weighted by Crippen LogP contribution is -2.42. The third kappa shape index (κ3) is 2.89. The Kier molecular flexibility index (Phi) is 4.41. The number of hydrogen-bond donors (Lipinski definition) is 2. The number of anilines is 1. The molecule has 0 spiro atoms. The summed E-state index contributed by atoms with van der Waals surface area (Å²) in [5.41, 5.74) is 2.29. The van der Waals surface area contributed by atoms with Gasteiger partial charge in [0, 0.05) is 23.8 Å². The summed E-state index contributed by atoms with van der Waals surface area (Å²) in [7, 11) is 0. The predicted octanol–water partition coefficient (Wildman–Crippen LogP) is 1.96. The molecule has 1 aromatic rings. The van der Waals surface area contributed by atoms with Crippen molar-refractivity contribution in [2.45, 2.75) is 38.3 Å². The van der Waals surface area contributed by atoms with Crippen molar-refractivity contribution in [1.29, 1.82) is 5.26 Å². The van der Waals surface area contributed by atoms with Crippen molar-refractivity contribution in [2.24, 2.45) is 0 Å². The van der Waals surface area contributed by atoms with Crippen molar-refractivity contribution in [3.05, 3.63) is 29.3 Å². The smallest absolute Gasteiger partial charge is 0.0992 e. The van der Waals surface area contributed by atoms with Crippen LogP contribution in [0.2, 0.25) is 0 Å². The van der Waals surface area contributed by atoms with Crippen LogP contribution < -0.4 is 4.90 Å². The third-order valence-electron chi connectivity index (χ3n) is 3.78. The molecule has 1 aliphatic carbocycles. The first-order chi connectivity index (χ1) is 9.17. The van der Waals surface area contributed by atoms with Crippen molar-refractivity contribution in [1.82, 2.24) is 0 Å². The molecule has 1 unspecified atom stereocenters. The summed E-state index contributed by atoms with van der Waals surface area (Å²) in [5, 5.41) is 28.2. The van der Waals surface area contributed by atoms with Crippen molar-refractivity contribution >= 4 is 5.69 Å². The van der Waals surface area contributed by atoms with Gasteiger partial charge in [-0.3, -0.25) is 0 Å². The maximum atomic E-state index is 9.89. The van der Waals surface area contributed by atoms with E-state index in [4.69, 9.17) is 5.26 Å². The van der Waals surface area contributed by atoms with Gasteiger partial charge in [0.25, 0.3) is 0 Å². The molecule has 1 aliphatic rings. The van der Waals surface area contributed by atoms with Crippen LogP contribution in [-0.4, -0.2) is 29.4 Å². The second-order valence-corrected chi connectivity index (χ2v) is 5.06. The van der Waals surface area contributed by atoms with Crippen molar-refractivity contribution in [2.75, 3.05) is 18.1 Å². The van der Waals surface area contributed by atoms with Crippen molar-refractivity contribution in [3.8, 4) is 6.07 Å². The standard InChI is InChI=1S/C15H20N2O2/c1-11(19)14-6-5-12(10-16)9-15(14)17(7-8-18)13-3-2-4-13/h5-6,9,11,13,18-19H,2-4,7-8H2,1H3. The molecule has 0 saturated heterocycles. The van der Waals surface area contributed by atoms with Crippen LogP contribution in [0.4, 0.5) is 5.69 Å². The molecule has 0 aliphatic heterocycles. The molecule has 2 N–H and O–H groups in total. The lowest BCUT2D eigenvalue weighted by Gasteiger charge is -2.40. The fraction of sp³-hybridized carbons (Fsp3) is 0.533. The monoisotopic (exact) mass is 260 g/mol. The Balaban J connectivity index is 2.40. The zero-order chi connectivity index (χ0) is 13.8. The molecule has 0 radical (unpaired) electrons. The first kappa shape index (κ1) is 13.9. The van der Waals surface area contributed by atoms with E-state index in [2.05, 4.69) is 11.0 Å². The van der Waals surface area contributed by atoms with Crippen LogP contribution in [0.3, 0.4) is 0 Å². The molecule has 4 nitrogen and oxygen atoms in total. The highest BCUT2D eigenvalue weighted by atomic mass is 16.3. The first-order valence-corrected chi connectivity index (χ1v) is 6.77. The summed E-state index contributed by atoms with van der Waals surface area (Å²) in [4.78, 5) is 2.13. The molecule has 0 heterocycles. The molecule has 1 atom stereocenters. The average Bonchev–Trinajstić information content (AvgIpc) is 2.35. The minimum absolute atomic E-state index is 0.0759. The zero-order valence-electron chi connectivity index (χ0n) is 11.2. The summed E-state index contributed by atoms with van der Waals surface area (Å²) in [6.07, 6.45) is 2.84. The van der Waals surface area contributed by atoms with Crippen LogP contribution in [0.1, 0.15) is 43.4 Å². The Morgan fingerprint density at radius 1 is 1.47 bits per heavy atom. The van der Waals surface area contributed by atoms with Gasteiger partial charge in [-0.25, -0.2) is 0 Å². The quantitative estimate of drug-likeness (QED) is 0.849. The Labute approximate surface area is 113 Å². The Hall–Kier alpha value is -1.57. The van der Waals surface area contributed by atoms with Gasteiger partial charge in [0.1, 0.15) is 0 Å². The molecular formula is C15H20N2O2. The van der Waals surface area contributed by atoms with Crippen LogP contribution >= 0.6 is 0 Å². The third-order valence-corrected chi connectivity index (χ3v) is 3.78. The van der Waals surface area contributed by atoms with Crippen LogP contribution in [-0.2, 0) is 0 Å². The van der Waals surface area contributed by atoms with Crippen molar-refractivity contribution in [3.63, 3.8) is 0 Å². The molecule has 0 amide bonds. The van der Waals surface area contributed by atoms with E-state index in [-0.39, 0.29) is 6.61 Å². The van der Waals surface area contributed by atoms with E-state index in [9.17, 15) is 10.2 Å². The molecule has 4 heteroatoms. The molecule has 102 valence electrons. The van der Waals surface area contributed by atoms with Gasteiger partial charge in [0.2, 0.25) is 0 Å². The molecule has 0 bridgehead atoms. The van der Waals surface area contributed by atoms with E-state index in [1.54, 1.807) is 13.0 Å². The molecule has 1 aromatic carbocycles. The number of aliphatic hydroxyl groups is 2. The summed E-state index contributed by atoms with van der Waals surface area (Å²) in [6, 6.07) is 7.90.